The van der Waals surface area contributed by atoms with Crippen LogP contribution in [0.4, 0.5) is 36.2 Å². The van der Waals surface area contributed by atoms with Gasteiger partial charge in [0.25, 0.3) is 0 Å². The average molecular weight is 522 g/mol. The van der Waals surface area contributed by atoms with Crippen LogP contribution in [0.1, 0.15) is 11.1 Å². The molecule has 38 heavy (non-hydrogen) atoms. The topological polar surface area (TPSA) is 146 Å². The van der Waals surface area contributed by atoms with Crippen LogP contribution < -0.4 is 11.1 Å². The molecule has 1 unspecified atom stereocenters. The highest BCUT2D eigenvalue weighted by Gasteiger charge is 2.30. The number of nitrogens with one attached hydrogen (secondary N) is 1. The van der Waals surface area contributed by atoms with Crippen LogP contribution in [0.2, 0.25) is 0 Å². The van der Waals surface area contributed by atoms with Gasteiger partial charge in [0, 0.05) is 23.9 Å². The molecule has 0 saturated heterocycles. The summed E-state index contributed by atoms with van der Waals surface area (Å²) in [5.41, 5.74) is 7.45. The number of carboxylic acid groups (broad SMARTS) is 1. The summed E-state index contributed by atoms with van der Waals surface area (Å²) >= 11 is 0. The molecule has 12 heteroatoms. The van der Waals surface area contributed by atoms with Crippen LogP contribution in [0.15, 0.2) is 89.2 Å². The number of phenols is 1. The summed E-state index contributed by atoms with van der Waals surface area (Å²) in [7, 11) is 0. The van der Waals surface area contributed by atoms with Gasteiger partial charge in [-0.3, -0.25) is 4.79 Å². The quantitative estimate of drug-likeness (QED) is 0.208. The number of azo groups is 1. The van der Waals surface area contributed by atoms with Gasteiger partial charge >= 0.3 is 12.1 Å². The van der Waals surface area contributed by atoms with Crippen LogP contribution in [0.5, 0.6) is 5.75 Å². The third kappa shape index (κ3) is 6.48. The smallest absolute Gasteiger partial charge is 0.416 e. The molecule has 194 valence electrons. The summed E-state index contributed by atoms with van der Waals surface area (Å²) < 4.78 is 38.4. The van der Waals surface area contributed by atoms with Crippen molar-refractivity contribution in [3.8, 4) is 17.0 Å². The molecule has 0 bridgehead atoms. The number of nitrogens with two attached hydrogens (primary N) is 1. The zero-order valence-electron chi connectivity index (χ0n) is 19.6. The van der Waals surface area contributed by atoms with Gasteiger partial charge in [0.1, 0.15) is 11.8 Å². The first-order valence-electron chi connectivity index (χ1n) is 11.2. The van der Waals surface area contributed by atoms with Crippen molar-refractivity contribution in [3.63, 3.8) is 0 Å². The van der Waals surface area contributed by atoms with E-state index < -0.39 is 23.8 Å². The van der Waals surface area contributed by atoms with Crippen molar-refractivity contribution >= 4 is 29.0 Å². The van der Waals surface area contributed by atoms with Gasteiger partial charge in [0.05, 0.1) is 22.6 Å². The van der Waals surface area contributed by atoms with E-state index in [1.165, 1.54) is 36.5 Å². The standard InChI is InChI=1S/C26H21F3N6O3/c27-26(28,29)16-5-7-17(8-6-16)32-25-31-12-11-21(33-25)19-3-1-2-4-22(19)35-34-18-9-10-23(36)15(13-18)14-20(30)24(37)38/h1-13,20,36H,14,30H2,(H,37,38)(H,31,32,33)/b35-34+. The van der Waals surface area contributed by atoms with E-state index in [1.807, 2.05) is 0 Å². The lowest BCUT2D eigenvalue weighted by Crippen LogP contribution is -2.32. The first-order chi connectivity index (χ1) is 18.1. The normalized spacial score (nSPS) is 12.4. The maximum atomic E-state index is 12.8. The van der Waals surface area contributed by atoms with Crippen LogP contribution >= 0.6 is 0 Å². The number of hydrogen-bond acceptors (Lipinski definition) is 8. The minimum atomic E-state index is -4.43. The van der Waals surface area contributed by atoms with Crippen molar-refractivity contribution in [2.45, 2.75) is 18.6 Å². The molecule has 4 aromatic rings. The Bertz CT molecular complexity index is 1480. The summed E-state index contributed by atoms with van der Waals surface area (Å²) in [6, 6.07) is 16.4. The molecule has 1 heterocycles. The van der Waals surface area contributed by atoms with Gasteiger partial charge in [-0.15, -0.1) is 5.11 Å². The monoisotopic (exact) mass is 522 g/mol. The Morgan fingerprint density at radius 3 is 2.47 bits per heavy atom. The lowest BCUT2D eigenvalue weighted by atomic mass is 10.0. The fourth-order valence-electron chi connectivity index (χ4n) is 3.45. The maximum Gasteiger partial charge on any atom is 0.416 e. The number of anilines is 2. The molecule has 0 amide bonds. The van der Waals surface area contributed by atoms with Crippen molar-refractivity contribution in [1.82, 2.24) is 9.97 Å². The Hall–Kier alpha value is -4.84. The van der Waals surface area contributed by atoms with Gasteiger partial charge in [0.2, 0.25) is 5.95 Å². The zero-order chi connectivity index (χ0) is 27.3. The van der Waals surface area contributed by atoms with Gasteiger partial charge in [-0.2, -0.15) is 18.3 Å². The second kappa shape index (κ2) is 11.0. The predicted molar refractivity (Wildman–Crippen MR) is 134 cm³/mol. The molecule has 0 saturated carbocycles. The fourth-order valence-corrected chi connectivity index (χ4v) is 3.45. The minimum Gasteiger partial charge on any atom is -0.508 e. The Balaban J connectivity index is 1.56. The van der Waals surface area contributed by atoms with Gasteiger partial charge < -0.3 is 21.3 Å². The second-order valence-electron chi connectivity index (χ2n) is 8.14. The fraction of sp³-hybridized carbons (Fsp3) is 0.115. The van der Waals surface area contributed by atoms with E-state index in [-0.39, 0.29) is 18.1 Å². The molecule has 5 N–H and O–H groups in total. The SMILES string of the molecule is NC(Cc1cc(/N=N/c2ccccc2-c2ccnc(Nc3ccc(C(F)(F)F)cc3)n2)ccc1O)C(=O)O. The highest BCUT2D eigenvalue weighted by molar-refractivity contribution is 5.74. The average Bonchev–Trinajstić information content (AvgIpc) is 2.89. The first kappa shape index (κ1) is 26.2. The Kier molecular flexibility index (Phi) is 7.63. The van der Waals surface area contributed by atoms with Gasteiger partial charge in [-0.1, -0.05) is 18.2 Å². The highest BCUT2D eigenvalue weighted by Crippen LogP contribution is 2.33. The molecule has 0 aliphatic rings. The van der Waals surface area contributed by atoms with Crippen molar-refractivity contribution < 1.29 is 28.2 Å². The molecule has 9 nitrogen and oxygen atoms in total. The number of halogens is 3. The van der Waals surface area contributed by atoms with Gasteiger partial charge in [0.15, 0.2) is 0 Å². The summed E-state index contributed by atoms with van der Waals surface area (Å²) in [5.74, 6) is -1.12. The predicted octanol–water partition coefficient (Wildman–Crippen LogP) is 5.98. The molecule has 0 aliphatic carbocycles. The number of aliphatic carboxylic acids is 1. The van der Waals surface area contributed by atoms with Crippen LogP contribution in [0.25, 0.3) is 11.3 Å². The lowest BCUT2D eigenvalue weighted by molar-refractivity contribution is -0.139. The third-order valence-corrected chi connectivity index (χ3v) is 5.40. The first-order valence-corrected chi connectivity index (χ1v) is 11.2. The van der Waals surface area contributed by atoms with Crippen LogP contribution in [0.3, 0.4) is 0 Å². The molecule has 0 spiro atoms. The molecule has 0 aliphatic heterocycles. The summed E-state index contributed by atoms with van der Waals surface area (Å²) in [6.45, 7) is 0. The van der Waals surface area contributed by atoms with Crippen LogP contribution in [-0.4, -0.2) is 32.2 Å². The van der Waals surface area contributed by atoms with E-state index >= 15 is 0 Å². The van der Waals surface area contributed by atoms with Crippen LogP contribution in [0, 0.1) is 0 Å². The van der Waals surface area contributed by atoms with E-state index in [1.54, 1.807) is 30.3 Å². The molecule has 0 radical (unpaired) electrons. The largest absolute Gasteiger partial charge is 0.508 e. The number of carbonyl (C=O) groups is 1. The molecule has 1 atom stereocenters. The van der Waals surface area contributed by atoms with E-state index in [9.17, 15) is 23.1 Å². The number of nitrogens with zero attached hydrogens (tertiary/aromatic N) is 4. The second-order valence-corrected chi connectivity index (χ2v) is 8.14. The zero-order valence-corrected chi connectivity index (χ0v) is 19.6. The number of alkyl halides is 3. The number of benzene rings is 3. The van der Waals surface area contributed by atoms with Crippen LogP contribution in [-0.2, 0) is 17.4 Å². The summed E-state index contributed by atoms with van der Waals surface area (Å²) in [4.78, 5) is 19.6. The van der Waals surface area contributed by atoms with Crippen molar-refractivity contribution in [1.29, 1.82) is 0 Å². The van der Waals surface area contributed by atoms with E-state index in [4.69, 9.17) is 10.8 Å². The van der Waals surface area contributed by atoms with E-state index in [0.29, 0.717) is 33.9 Å². The van der Waals surface area contributed by atoms with Gasteiger partial charge in [-0.05, 0) is 60.2 Å². The number of hydrogen-bond donors (Lipinski definition) is 4. The number of aromatic hydroxyl groups is 1. The molecular weight excluding hydrogens is 501 g/mol. The Morgan fingerprint density at radius 2 is 1.76 bits per heavy atom. The molecule has 1 aromatic heterocycles. The lowest BCUT2D eigenvalue weighted by Gasteiger charge is -2.10. The third-order valence-electron chi connectivity index (χ3n) is 5.40. The summed E-state index contributed by atoms with van der Waals surface area (Å²) in [6.07, 6.45) is -3.02. The van der Waals surface area contributed by atoms with Crippen molar-refractivity contribution in [2.75, 3.05) is 5.32 Å². The number of aromatic nitrogens is 2. The van der Waals surface area contributed by atoms with Gasteiger partial charge in [-0.25, -0.2) is 9.97 Å². The Labute approximate surface area is 214 Å². The summed E-state index contributed by atoms with van der Waals surface area (Å²) in [5, 5.41) is 30.5. The van der Waals surface area contributed by atoms with Crippen molar-refractivity contribution in [3.05, 3.63) is 90.1 Å². The Morgan fingerprint density at radius 1 is 1.03 bits per heavy atom. The van der Waals surface area contributed by atoms with E-state index in [0.717, 1.165) is 12.1 Å². The maximum absolute atomic E-state index is 12.8. The number of rotatable bonds is 8. The molecule has 4 rings (SSSR count). The molecule has 3 aromatic carbocycles. The minimum absolute atomic E-state index is 0.0865. The van der Waals surface area contributed by atoms with Crippen molar-refractivity contribution in [2.24, 2.45) is 16.0 Å². The highest BCUT2D eigenvalue weighted by atomic mass is 19.4. The van der Waals surface area contributed by atoms with E-state index in [2.05, 4.69) is 25.5 Å². The number of phenolic OH excluding ortho intramolecular Hbond substituents is 1. The molecular formula is C26H21F3N6O3. The number of carboxylic acids is 1. The molecule has 0 fully saturated rings.